The van der Waals surface area contributed by atoms with E-state index in [0.717, 1.165) is 11.4 Å². The van der Waals surface area contributed by atoms with E-state index >= 15 is 0 Å². The van der Waals surface area contributed by atoms with Gasteiger partial charge in [0.05, 0.1) is 4.92 Å². The van der Waals surface area contributed by atoms with E-state index in [1.54, 1.807) is 16.9 Å². The highest BCUT2D eigenvalue weighted by molar-refractivity contribution is 8.76. The maximum atomic E-state index is 10.4. The van der Waals surface area contributed by atoms with Gasteiger partial charge in [-0.2, -0.15) is 0 Å². The Hall–Kier alpha value is -0.790. The molecule has 0 aliphatic heterocycles. The largest absolute Gasteiger partial charge is 0.396 e. The second-order valence-electron chi connectivity index (χ2n) is 3.11. The summed E-state index contributed by atoms with van der Waals surface area (Å²) >= 11 is 0. The van der Waals surface area contributed by atoms with Crippen LogP contribution in [-0.4, -0.2) is 26.9 Å². The molecular formula is C9H12N2O3S2. The van der Waals surface area contributed by atoms with Gasteiger partial charge in [0.1, 0.15) is 11.2 Å². The van der Waals surface area contributed by atoms with E-state index in [0.29, 0.717) is 5.25 Å². The maximum Gasteiger partial charge on any atom is 0.287 e. The van der Waals surface area contributed by atoms with E-state index < -0.39 is 4.92 Å². The van der Waals surface area contributed by atoms with Crippen molar-refractivity contribution in [2.75, 3.05) is 6.61 Å². The molecule has 1 N–H and O–H groups in total. The minimum atomic E-state index is -0.469. The van der Waals surface area contributed by atoms with Crippen molar-refractivity contribution < 1.29 is 10.0 Å². The summed E-state index contributed by atoms with van der Waals surface area (Å²) in [5, 5.41) is 20.2. The van der Waals surface area contributed by atoms with E-state index in [1.165, 1.54) is 23.1 Å². The molecule has 1 aromatic heterocycles. The lowest BCUT2D eigenvalue weighted by molar-refractivity contribution is -0.385. The Balaban J connectivity index is 2.46. The van der Waals surface area contributed by atoms with Crippen LogP contribution in [0.1, 0.15) is 13.3 Å². The van der Waals surface area contributed by atoms with E-state index in [-0.39, 0.29) is 12.3 Å². The lowest BCUT2D eigenvalue weighted by Crippen LogP contribution is -1.97. The van der Waals surface area contributed by atoms with Crippen LogP contribution in [0.4, 0.5) is 5.69 Å². The average molecular weight is 260 g/mol. The molecule has 0 spiro atoms. The van der Waals surface area contributed by atoms with Crippen LogP contribution in [0.15, 0.2) is 23.4 Å². The molecule has 0 aliphatic carbocycles. The van der Waals surface area contributed by atoms with Gasteiger partial charge in [-0.25, -0.2) is 4.98 Å². The summed E-state index contributed by atoms with van der Waals surface area (Å²) in [7, 11) is 3.05. The summed E-state index contributed by atoms with van der Waals surface area (Å²) in [5.41, 5.74) is -0.00208. The quantitative estimate of drug-likeness (QED) is 0.481. The van der Waals surface area contributed by atoms with Gasteiger partial charge in [0.2, 0.25) is 0 Å². The number of aromatic nitrogens is 1. The van der Waals surface area contributed by atoms with Gasteiger partial charge in [0.15, 0.2) is 0 Å². The first-order valence-electron chi connectivity index (χ1n) is 4.68. The monoisotopic (exact) mass is 260 g/mol. The van der Waals surface area contributed by atoms with Crippen molar-refractivity contribution in [2.24, 2.45) is 0 Å². The summed E-state index contributed by atoms with van der Waals surface area (Å²) in [6, 6.07) is 3.06. The Morgan fingerprint density at radius 2 is 2.38 bits per heavy atom. The topological polar surface area (TPSA) is 76.3 Å². The lowest BCUT2D eigenvalue weighted by Gasteiger charge is -2.06. The Labute approximate surface area is 101 Å². The SMILES string of the molecule is C[C@H](CCO)SSc1ccc([N+](=O)[O-])cn1. The number of nitrogens with zero attached hydrogens (tertiary/aromatic N) is 2. The fraction of sp³-hybridized carbons (Fsp3) is 0.444. The first-order chi connectivity index (χ1) is 7.63. The average Bonchev–Trinajstić information content (AvgIpc) is 2.27. The Bertz CT molecular complexity index is 345. The van der Waals surface area contributed by atoms with Gasteiger partial charge < -0.3 is 5.11 Å². The molecule has 0 saturated heterocycles. The predicted molar refractivity (Wildman–Crippen MR) is 65.5 cm³/mol. The van der Waals surface area contributed by atoms with Crippen LogP contribution in [0.25, 0.3) is 0 Å². The first kappa shape index (κ1) is 13.3. The predicted octanol–water partition coefficient (Wildman–Crippen LogP) is 2.50. The number of pyridine rings is 1. The highest BCUT2D eigenvalue weighted by atomic mass is 33.1. The van der Waals surface area contributed by atoms with Crippen molar-refractivity contribution in [1.82, 2.24) is 4.98 Å². The maximum absolute atomic E-state index is 10.4. The van der Waals surface area contributed by atoms with Gasteiger partial charge in [0, 0.05) is 17.9 Å². The summed E-state index contributed by atoms with van der Waals surface area (Å²) in [5.74, 6) is 0. The van der Waals surface area contributed by atoms with Crippen LogP contribution >= 0.6 is 21.6 Å². The molecule has 0 bridgehead atoms. The zero-order chi connectivity index (χ0) is 12.0. The van der Waals surface area contributed by atoms with Crippen molar-refractivity contribution in [1.29, 1.82) is 0 Å². The third kappa shape index (κ3) is 4.38. The molecular weight excluding hydrogens is 248 g/mol. The zero-order valence-electron chi connectivity index (χ0n) is 8.70. The molecule has 0 amide bonds. The first-order valence-corrected chi connectivity index (χ1v) is 6.89. The van der Waals surface area contributed by atoms with E-state index in [9.17, 15) is 10.1 Å². The second kappa shape index (κ2) is 6.72. The molecule has 0 aliphatic rings. The van der Waals surface area contributed by atoms with Gasteiger partial charge in [-0.05, 0) is 23.3 Å². The van der Waals surface area contributed by atoms with E-state index in [4.69, 9.17) is 5.11 Å². The molecule has 0 radical (unpaired) electrons. The zero-order valence-corrected chi connectivity index (χ0v) is 10.3. The summed E-state index contributed by atoms with van der Waals surface area (Å²) < 4.78 is 0. The number of rotatable bonds is 6. The van der Waals surface area contributed by atoms with E-state index in [2.05, 4.69) is 4.98 Å². The second-order valence-corrected chi connectivity index (χ2v) is 5.77. The molecule has 0 aromatic carbocycles. The molecule has 0 unspecified atom stereocenters. The van der Waals surface area contributed by atoms with Gasteiger partial charge in [-0.15, -0.1) is 0 Å². The molecule has 0 fully saturated rings. The highest BCUT2D eigenvalue weighted by Crippen LogP contribution is 2.34. The number of hydrogen-bond donors (Lipinski definition) is 1. The number of nitro groups is 1. The molecule has 7 heteroatoms. The fourth-order valence-corrected chi connectivity index (χ4v) is 2.95. The Morgan fingerprint density at radius 1 is 1.62 bits per heavy atom. The normalized spacial score (nSPS) is 12.4. The Morgan fingerprint density at radius 3 is 2.88 bits per heavy atom. The highest BCUT2D eigenvalue weighted by Gasteiger charge is 2.07. The van der Waals surface area contributed by atoms with Crippen LogP contribution in [0.3, 0.4) is 0 Å². The summed E-state index contributed by atoms with van der Waals surface area (Å²) in [6.07, 6.45) is 1.98. The van der Waals surface area contributed by atoms with Gasteiger partial charge >= 0.3 is 0 Å². The molecule has 1 rings (SSSR count). The molecule has 1 heterocycles. The molecule has 0 saturated carbocycles. The van der Waals surface area contributed by atoms with Crippen molar-refractivity contribution >= 4 is 27.3 Å². The van der Waals surface area contributed by atoms with Gasteiger partial charge in [-0.3, -0.25) is 10.1 Å². The van der Waals surface area contributed by atoms with Crippen LogP contribution in [0.2, 0.25) is 0 Å². The number of hydrogen-bond acceptors (Lipinski definition) is 6. The lowest BCUT2D eigenvalue weighted by atomic mass is 10.4. The summed E-state index contributed by atoms with van der Waals surface area (Å²) in [6.45, 7) is 2.18. The molecule has 1 atom stereocenters. The van der Waals surface area contributed by atoms with Crippen molar-refractivity contribution in [3.63, 3.8) is 0 Å². The number of aliphatic hydroxyl groups excluding tert-OH is 1. The van der Waals surface area contributed by atoms with Crippen molar-refractivity contribution in [2.45, 2.75) is 23.6 Å². The molecule has 1 aromatic rings. The fourth-order valence-electron chi connectivity index (χ4n) is 0.891. The standard InChI is InChI=1S/C9H12N2O3S2/c1-7(4-5-12)15-16-9-3-2-8(6-10-9)11(13)14/h2-3,6-7,12H,4-5H2,1H3/t7-/m1/s1. The van der Waals surface area contributed by atoms with Crippen LogP contribution in [-0.2, 0) is 0 Å². The minimum absolute atomic E-state index is 0.00208. The van der Waals surface area contributed by atoms with Gasteiger partial charge in [0.25, 0.3) is 5.69 Å². The van der Waals surface area contributed by atoms with Gasteiger partial charge in [-0.1, -0.05) is 17.7 Å². The summed E-state index contributed by atoms with van der Waals surface area (Å²) in [4.78, 5) is 13.9. The third-order valence-corrected chi connectivity index (χ3v) is 4.62. The van der Waals surface area contributed by atoms with Crippen molar-refractivity contribution in [3.05, 3.63) is 28.4 Å². The van der Waals surface area contributed by atoms with Crippen LogP contribution < -0.4 is 0 Å². The van der Waals surface area contributed by atoms with Crippen LogP contribution in [0, 0.1) is 10.1 Å². The number of aliphatic hydroxyl groups is 1. The Kier molecular flexibility index (Phi) is 5.58. The molecule has 16 heavy (non-hydrogen) atoms. The molecule has 88 valence electrons. The smallest absolute Gasteiger partial charge is 0.287 e. The van der Waals surface area contributed by atoms with Crippen LogP contribution in [0.5, 0.6) is 0 Å². The van der Waals surface area contributed by atoms with E-state index in [1.807, 2.05) is 6.92 Å². The minimum Gasteiger partial charge on any atom is -0.396 e. The third-order valence-electron chi connectivity index (χ3n) is 1.76. The van der Waals surface area contributed by atoms with Crippen molar-refractivity contribution in [3.8, 4) is 0 Å². The molecule has 5 nitrogen and oxygen atoms in total.